The van der Waals surface area contributed by atoms with E-state index in [1.54, 1.807) is 0 Å². The molecule has 1 unspecified atom stereocenters. The number of likely N-dealkylation sites (tertiary alicyclic amines) is 1. The molecule has 1 aliphatic heterocycles. The Labute approximate surface area is 105 Å². The summed E-state index contributed by atoms with van der Waals surface area (Å²) in [4.78, 5) is 14.7. The maximum Gasteiger partial charge on any atom is 0.254 e. The third-order valence-corrected chi connectivity index (χ3v) is 3.77. The Bertz CT molecular complexity index is 391. The summed E-state index contributed by atoms with van der Waals surface area (Å²) >= 11 is 3.59. The van der Waals surface area contributed by atoms with Crippen LogP contribution in [0.2, 0.25) is 0 Å². The number of nitrogens with zero attached hydrogens (tertiary/aromatic N) is 1. The molecule has 0 aliphatic carbocycles. The van der Waals surface area contributed by atoms with Crippen LogP contribution in [0.4, 0.5) is 0 Å². The Kier molecular flexibility index (Phi) is 3.64. The minimum atomic E-state index is 0.169. The van der Waals surface area contributed by atoms with Crippen molar-refractivity contribution in [3.63, 3.8) is 0 Å². The van der Waals surface area contributed by atoms with Gasteiger partial charge in [0, 0.05) is 23.5 Å². The van der Waals surface area contributed by atoms with Gasteiger partial charge in [-0.15, -0.1) is 0 Å². The Balaban J connectivity index is 2.16. The molecule has 0 bridgehead atoms. The maximum absolute atomic E-state index is 12.3. The fraction of sp³-hybridized carbons (Fsp3) is 0.462. The second kappa shape index (κ2) is 5.00. The molecule has 0 spiro atoms. The molecule has 0 saturated carbocycles. The molecule has 1 saturated heterocycles. The molecule has 1 amide bonds. The molecule has 86 valence electrons. The third-order valence-electron chi connectivity index (χ3n) is 3.03. The predicted octanol–water partition coefficient (Wildman–Crippen LogP) is 2.99. The number of amides is 1. The van der Waals surface area contributed by atoms with Crippen molar-refractivity contribution in [2.45, 2.75) is 24.6 Å². The van der Waals surface area contributed by atoms with Crippen molar-refractivity contribution in [3.8, 4) is 0 Å². The van der Waals surface area contributed by atoms with Crippen LogP contribution < -0.4 is 0 Å². The highest BCUT2D eigenvalue weighted by molar-refractivity contribution is 9.09. The first-order valence-corrected chi connectivity index (χ1v) is 6.59. The van der Waals surface area contributed by atoms with E-state index in [-0.39, 0.29) is 5.91 Å². The van der Waals surface area contributed by atoms with E-state index in [1.807, 2.05) is 36.1 Å². The van der Waals surface area contributed by atoms with E-state index in [1.165, 1.54) is 0 Å². The van der Waals surface area contributed by atoms with Crippen LogP contribution in [0.15, 0.2) is 24.3 Å². The SMILES string of the molecule is Cc1ccccc1C(=O)N1CCCC(Br)C1. The third kappa shape index (κ3) is 2.46. The van der Waals surface area contributed by atoms with Crippen molar-refractivity contribution in [2.75, 3.05) is 13.1 Å². The zero-order valence-electron chi connectivity index (χ0n) is 9.45. The van der Waals surface area contributed by atoms with E-state index in [0.29, 0.717) is 4.83 Å². The zero-order valence-corrected chi connectivity index (χ0v) is 11.0. The van der Waals surface area contributed by atoms with E-state index in [9.17, 15) is 4.79 Å². The highest BCUT2D eigenvalue weighted by atomic mass is 79.9. The van der Waals surface area contributed by atoms with E-state index in [4.69, 9.17) is 0 Å². The molecule has 16 heavy (non-hydrogen) atoms. The number of aryl methyl sites for hydroxylation is 1. The summed E-state index contributed by atoms with van der Waals surface area (Å²) in [5.41, 5.74) is 1.90. The Morgan fingerprint density at radius 2 is 2.19 bits per heavy atom. The van der Waals surface area contributed by atoms with Gasteiger partial charge >= 0.3 is 0 Å². The molecule has 1 fully saturated rings. The monoisotopic (exact) mass is 281 g/mol. The molecular formula is C13H16BrNO. The lowest BCUT2D eigenvalue weighted by Gasteiger charge is -2.30. The van der Waals surface area contributed by atoms with Crippen LogP contribution in [0.25, 0.3) is 0 Å². The summed E-state index contributed by atoms with van der Waals surface area (Å²) in [6.45, 7) is 3.70. The van der Waals surface area contributed by atoms with Gasteiger partial charge in [-0.1, -0.05) is 34.1 Å². The predicted molar refractivity (Wildman–Crippen MR) is 69.0 cm³/mol. The quantitative estimate of drug-likeness (QED) is 0.725. The summed E-state index contributed by atoms with van der Waals surface area (Å²) in [6.07, 6.45) is 2.26. The van der Waals surface area contributed by atoms with Gasteiger partial charge in [-0.05, 0) is 31.4 Å². The van der Waals surface area contributed by atoms with Crippen LogP contribution >= 0.6 is 15.9 Å². The largest absolute Gasteiger partial charge is 0.338 e. The van der Waals surface area contributed by atoms with Gasteiger partial charge in [-0.25, -0.2) is 0 Å². The number of carbonyl (C=O) groups is 1. The highest BCUT2D eigenvalue weighted by Gasteiger charge is 2.23. The van der Waals surface area contributed by atoms with Gasteiger partial charge in [0.1, 0.15) is 0 Å². The first-order valence-electron chi connectivity index (χ1n) is 5.67. The minimum Gasteiger partial charge on any atom is -0.338 e. The first-order chi connectivity index (χ1) is 7.68. The molecule has 1 heterocycles. The second-order valence-electron chi connectivity index (χ2n) is 4.31. The van der Waals surface area contributed by atoms with Crippen LogP contribution in [0, 0.1) is 6.92 Å². The molecule has 1 aromatic carbocycles. The number of benzene rings is 1. The molecule has 1 aromatic rings. The molecular weight excluding hydrogens is 266 g/mol. The zero-order chi connectivity index (χ0) is 11.5. The Morgan fingerprint density at radius 3 is 2.88 bits per heavy atom. The van der Waals surface area contributed by atoms with Crippen molar-refractivity contribution >= 4 is 21.8 Å². The summed E-state index contributed by atoms with van der Waals surface area (Å²) < 4.78 is 0. The number of piperidine rings is 1. The summed E-state index contributed by atoms with van der Waals surface area (Å²) in [5, 5.41) is 0. The van der Waals surface area contributed by atoms with Gasteiger partial charge in [0.25, 0.3) is 5.91 Å². The van der Waals surface area contributed by atoms with Crippen LogP contribution in [0.3, 0.4) is 0 Å². The van der Waals surface area contributed by atoms with E-state index >= 15 is 0 Å². The van der Waals surface area contributed by atoms with E-state index in [0.717, 1.165) is 37.1 Å². The molecule has 0 N–H and O–H groups in total. The number of hydrogen-bond donors (Lipinski definition) is 0. The standard InChI is InChI=1S/C13H16BrNO/c1-10-5-2-3-7-12(10)13(16)15-8-4-6-11(14)9-15/h2-3,5,7,11H,4,6,8-9H2,1H3. The van der Waals surface area contributed by atoms with E-state index < -0.39 is 0 Å². The van der Waals surface area contributed by atoms with Gasteiger partial charge in [-0.3, -0.25) is 4.79 Å². The fourth-order valence-corrected chi connectivity index (χ4v) is 2.77. The fourth-order valence-electron chi connectivity index (χ4n) is 2.09. The van der Waals surface area contributed by atoms with Crippen molar-refractivity contribution < 1.29 is 4.79 Å². The summed E-state index contributed by atoms with van der Waals surface area (Å²) in [7, 11) is 0. The first kappa shape index (κ1) is 11.6. The van der Waals surface area contributed by atoms with Crippen LogP contribution in [-0.2, 0) is 0 Å². The maximum atomic E-state index is 12.3. The van der Waals surface area contributed by atoms with E-state index in [2.05, 4.69) is 15.9 Å². The van der Waals surface area contributed by atoms with Crippen LogP contribution in [0.5, 0.6) is 0 Å². The van der Waals surface area contributed by atoms with Gasteiger partial charge < -0.3 is 4.90 Å². The average molecular weight is 282 g/mol. The number of rotatable bonds is 1. The number of halogens is 1. The second-order valence-corrected chi connectivity index (χ2v) is 5.60. The van der Waals surface area contributed by atoms with Gasteiger partial charge in [0.05, 0.1) is 0 Å². The van der Waals surface area contributed by atoms with Crippen molar-refractivity contribution in [1.82, 2.24) is 4.90 Å². The molecule has 0 aromatic heterocycles. The molecule has 2 nitrogen and oxygen atoms in total. The number of carbonyl (C=O) groups excluding carboxylic acids is 1. The van der Waals surface area contributed by atoms with Crippen LogP contribution in [-0.4, -0.2) is 28.7 Å². The number of alkyl halides is 1. The highest BCUT2D eigenvalue weighted by Crippen LogP contribution is 2.19. The molecule has 1 aliphatic rings. The van der Waals surface area contributed by atoms with Crippen molar-refractivity contribution in [1.29, 1.82) is 0 Å². The molecule has 0 radical (unpaired) electrons. The van der Waals surface area contributed by atoms with Crippen molar-refractivity contribution in [3.05, 3.63) is 35.4 Å². The normalized spacial score (nSPS) is 20.9. The van der Waals surface area contributed by atoms with Crippen LogP contribution in [0.1, 0.15) is 28.8 Å². The smallest absolute Gasteiger partial charge is 0.254 e. The topological polar surface area (TPSA) is 20.3 Å². The lowest BCUT2D eigenvalue weighted by Crippen LogP contribution is -2.40. The Hall–Kier alpha value is -0.830. The summed E-state index contributed by atoms with van der Waals surface area (Å²) in [5.74, 6) is 0.169. The molecule has 3 heteroatoms. The number of hydrogen-bond acceptors (Lipinski definition) is 1. The average Bonchev–Trinajstić information content (AvgIpc) is 2.29. The van der Waals surface area contributed by atoms with Crippen molar-refractivity contribution in [2.24, 2.45) is 0 Å². The summed E-state index contributed by atoms with van der Waals surface area (Å²) in [6, 6.07) is 7.80. The Morgan fingerprint density at radius 1 is 1.44 bits per heavy atom. The molecule has 1 atom stereocenters. The lowest BCUT2D eigenvalue weighted by atomic mass is 10.1. The van der Waals surface area contributed by atoms with Gasteiger partial charge in [0.2, 0.25) is 0 Å². The van der Waals surface area contributed by atoms with Gasteiger partial charge in [0.15, 0.2) is 0 Å². The minimum absolute atomic E-state index is 0.169. The lowest BCUT2D eigenvalue weighted by molar-refractivity contribution is 0.0729. The molecule has 2 rings (SSSR count). The van der Waals surface area contributed by atoms with Gasteiger partial charge in [-0.2, -0.15) is 0 Å².